The van der Waals surface area contributed by atoms with Gasteiger partial charge >= 0.3 is 0 Å². The molecule has 7 nitrogen and oxygen atoms in total. The smallest absolute Gasteiger partial charge is 0.264 e. The second-order valence-corrected chi connectivity index (χ2v) is 7.74. The largest absolute Gasteiger partial charge is 0.392 e. The van der Waals surface area contributed by atoms with Crippen molar-refractivity contribution < 1.29 is 29.3 Å². The molecule has 0 radical (unpaired) electrons. The molecular weight excluding hydrogens is 350 g/mol. The van der Waals surface area contributed by atoms with Gasteiger partial charge in [0.1, 0.15) is 0 Å². The summed E-state index contributed by atoms with van der Waals surface area (Å²) < 4.78 is 5.77. The third-order valence-corrected chi connectivity index (χ3v) is 5.79. The van der Waals surface area contributed by atoms with Gasteiger partial charge in [-0.3, -0.25) is 14.4 Å². The SMILES string of the molecule is CNC1C=C2CCCC(=O)C(=O)C(=O)CC[C@@H](C)[C@H](C)O[C@H](O)[C@@H]2C(O)C1. The number of nitrogens with one attached hydrogen (secondary N) is 1. The van der Waals surface area contributed by atoms with Gasteiger partial charge in [0.2, 0.25) is 11.6 Å². The molecule has 27 heavy (non-hydrogen) atoms. The van der Waals surface area contributed by atoms with E-state index in [0.29, 0.717) is 25.7 Å². The van der Waals surface area contributed by atoms with E-state index in [0.717, 1.165) is 5.57 Å². The number of likely N-dealkylation sites (N-methyl/N-ethyl adjacent to an activating group) is 1. The summed E-state index contributed by atoms with van der Waals surface area (Å²) in [5.41, 5.74) is 0.809. The van der Waals surface area contributed by atoms with Crippen molar-refractivity contribution in [3.8, 4) is 0 Å². The second-order valence-electron chi connectivity index (χ2n) is 7.74. The van der Waals surface area contributed by atoms with E-state index in [4.69, 9.17) is 4.74 Å². The van der Waals surface area contributed by atoms with E-state index in [1.54, 1.807) is 14.0 Å². The van der Waals surface area contributed by atoms with Crippen LogP contribution in [0.3, 0.4) is 0 Å². The highest BCUT2D eigenvalue weighted by atomic mass is 16.6. The summed E-state index contributed by atoms with van der Waals surface area (Å²) in [4.78, 5) is 35.9. The normalized spacial score (nSPS) is 37.4. The predicted octanol–water partition coefficient (Wildman–Crippen LogP) is 0.913. The van der Waals surface area contributed by atoms with Crippen LogP contribution in [-0.2, 0) is 19.1 Å². The van der Waals surface area contributed by atoms with E-state index in [1.807, 2.05) is 13.0 Å². The van der Waals surface area contributed by atoms with Crippen molar-refractivity contribution in [1.82, 2.24) is 5.32 Å². The van der Waals surface area contributed by atoms with Crippen LogP contribution in [0.5, 0.6) is 0 Å². The van der Waals surface area contributed by atoms with Crippen LogP contribution in [0.2, 0.25) is 0 Å². The Hall–Kier alpha value is -1.41. The van der Waals surface area contributed by atoms with E-state index >= 15 is 0 Å². The summed E-state index contributed by atoms with van der Waals surface area (Å²) in [6.07, 6.45) is 1.31. The van der Waals surface area contributed by atoms with Gasteiger partial charge in [-0.05, 0) is 45.6 Å². The molecule has 1 heterocycles. The lowest BCUT2D eigenvalue weighted by Crippen LogP contribution is -2.44. The van der Waals surface area contributed by atoms with Gasteiger partial charge in [-0.15, -0.1) is 0 Å². The fourth-order valence-corrected chi connectivity index (χ4v) is 3.78. The van der Waals surface area contributed by atoms with E-state index in [9.17, 15) is 24.6 Å². The fourth-order valence-electron chi connectivity index (χ4n) is 3.78. The molecule has 0 amide bonds. The summed E-state index contributed by atoms with van der Waals surface area (Å²) in [7, 11) is 1.79. The molecule has 6 atom stereocenters. The quantitative estimate of drug-likeness (QED) is 0.457. The summed E-state index contributed by atoms with van der Waals surface area (Å²) in [6, 6.07) is -0.0346. The van der Waals surface area contributed by atoms with Gasteiger partial charge in [-0.25, -0.2) is 0 Å². The molecule has 0 saturated carbocycles. The van der Waals surface area contributed by atoms with Gasteiger partial charge in [-0.1, -0.05) is 18.6 Å². The standard InChI is InChI=1S/C20H31NO6/c1-11-7-8-16(23)19(25)15(22)6-4-5-13-9-14(21-3)10-17(24)18(13)20(26)27-12(11)2/h9,11-12,14,17-18,20-21,24,26H,4-8,10H2,1-3H3/t11-,12+,14?,17?,18+,20+/m1/s1. The fraction of sp³-hybridized carbons (Fsp3) is 0.750. The zero-order valence-electron chi connectivity index (χ0n) is 16.3. The number of hydrogen-bond acceptors (Lipinski definition) is 7. The zero-order chi connectivity index (χ0) is 20.1. The Balaban J connectivity index is 2.26. The van der Waals surface area contributed by atoms with Crippen LogP contribution in [0.4, 0.5) is 0 Å². The Morgan fingerprint density at radius 2 is 1.74 bits per heavy atom. The van der Waals surface area contributed by atoms with Gasteiger partial charge in [0.25, 0.3) is 5.78 Å². The van der Waals surface area contributed by atoms with Crippen molar-refractivity contribution in [2.24, 2.45) is 11.8 Å². The Labute approximate surface area is 160 Å². The minimum atomic E-state index is -1.17. The maximum Gasteiger partial charge on any atom is 0.264 e. The van der Waals surface area contributed by atoms with Crippen LogP contribution >= 0.6 is 0 Å². The van der Waals surface area contributed by atoms with E-state index in [1.165, 1.54) is 0 Å². The summed E-state index contributed by atoms with van der Waals surface area (Å²) in [5, 5.41) is 24.3. The van der Waals surface area contributed by atoms with Crippen LogP contribution in [-0.4, -0.2) is 59.2 Å². The van der Waals surface area contributed by atoms with Crippen molar-refractivity contribution in [2.45, 2.75) is 76.9 Å². The number of aliphatic hydroxyl groups excluding tert-OH is 2. The molecule has 0 aromatic rings. The minimum Gasteiger partial charge on any atom is -0.392 e. The van der Waals surface area contributed by atoms with Crippen molar-refractivity contribution in [3.05, 3.63) is 11.6 Å². The third kappa shape index (κ3) is 5.54. The van der Waals surface area contributed by atoms with Crippen LogP contribution in [0, 0.1) is 11.8 Å². The highest BCUT2D eigenvalue weighted by molar-refractivity contribution is 6.63. The molecule has 7 heteroatoms. The number of carbonyl (C=O) groups is 3. The maximum absolute atomic E-state index is 12.0. The molecule has 2 unspecified atom stereocenters. The first-order valence-corrected chi connectivity index (χ1v) is 9.74. The lowest BCUT2D eigenvalue weighted by Gasteiger charge is -2.37. The monoisotopic (exact) mass is 381 g/mol. The minimum absolute atomic E-state index is 0.00338. The Kier molecular flexibility index (Phi) is 7.85. The topological polar surface area (TPSA) is 113 Å². The van der Waals surface area contributed by atoms with E-state index < -0.39 is 35.7 Å². The number of ketones is 3. The lowest BCUT2D eigenvalue weighted by atomic mass is 9.80. The molecule has 1 aliphatic carbocycles. The average Bonchev–Trinajstić information content (AvgIpc) is 2.63. The Morgan fingerprint density at radius 3 is 2.41 bits per heavy atom. The number of rotatable bonds is 1. The van der Waals surface area contributed by atoms with Crippen LogP contribution in [0.1, 0.15) is 52.4 Å². The molecule has 1 saturated heterocycles. The molecule has 3 N–H and O–H groups in total. The molecular formula is C20H31NO6. The zero-order valence-corrected chi connectivity index (χ0v) is 16.3. The van der Waals surface area contributed by atoms with Crippen molar-refractivity contribution in [1.29, 1.82) is 0 Å². The van der Waals surface area contributed by atoms with Crippen molar-refractivity contribution in [2.75, 3.05) is 7.05 Å². The van der Waals surface area contributed by atoms with E-state index in [2.05, 4.69) is 5.32 Å². The van der Waals surface area contributed by atoms with Crippen LogP contribution in [0.25, 0.3) is 0 Å². The van der Waals surface area contributed by atoms with Gasteiger partial charge in [0, 0.05) is 18.9 Å². The molecule has 2 rings (SSSR count). The van der Waals surface area contributed by atoms with Crippen molar-refractivity contribution in [3.63, 3.8) is 0 Å². The van der Waals surface area contributed by atoms with Gasteiger partial charge < -0.3 is 20.3 Å². The first-order valence-electron chi connectivity index (χ1n) is 9.74. The van der Waals surface area contributed by atoms with Gasteiger partial charge in [0.15, 0.2) is 6.29 Å². The van der Waals surface area contributed by atoms with Gasteiger partial charge in [-0.2, -0.15) is 0 Å². The lowest BCUT2D eigenvalue weighted by molar-refractivity contribution is -0.184. The first kappa shape index (κ1) is 21.9. The molecule has 1 aliphatic heterocycles. The molecule has 0 bridgehead atoms. The van der Waals surface area contributed by atoms with Crippen molar-refractivity contribution >= 4 is 17.3 Å². The molecule has 1 fully saturated rings. The highest BCUT2D eigenvalue weighted by Crippen LogP contribution is 2.33. The Morgan fingerprint density at radius 1 is 1.07 bits per heavy atom. The molecule has 152 valence electrons. The third-order valence-electron chi connectivity index (χ3n) is 5.79. The summed E-state index contributed by atoms with van der Waals surface area (Å²) in [6.45, 7) is 3.67. The maximum atomic E-state index is 12.0. The highest BCUT2D eigenvalue weighted by Gasteiger charge is 2.37. The summed E-state index contributed by atoms with van der Waals surface area (Å²) in [5.74, 6) is -2.90. The number of hydrogen-bond donors (Lipinski definition) is 3. The van der Waals surface area contributed by atoms with E-state index in [-0.39, 0.29) is 30.9 Å². The average molecular weight is 381 g/mol. The predicted molar refractivity (Wildman–Crippen MR) is 98.9 cm³/mol. The molecule has 0 aromatic heterocycles. The molecule has 2 aliphatic rings. The molecule has 0 aromatic carbocycles. The van der Waals surface area contributed by atoms with Crippen LogP contribution < -0.4 is 5.32 Å². The number of fused-ring (bicyclic) bond motifs is 1. The van der Waals surface area contributed by atoms with Gasteiger partial charge in [0.05, 0.1) is 18.1 Å². The number of aliphatic hydroxyl groups is 2. The molecule has 0 spiro atoms. The first-order chi connectivity index (χ1) is 12.7. The summed E-state index contributed by atoms with van der Waals surface area (Å²) >= 11 is 0. The number of Topliss-reactive ketones (excluding diaryl/α,β-unsaturated/α-hetero) is 3. The number of carbonyl (C=O) groups excluding carboxylic acids is 3. The number of ether oxygens (including phenoxy) is 1. The second kappa shape index (κ2) is 9.68. The Bertz CT molecular complexity index is 601. The van der Waals surface area contributed by atoms with Crippen LogP contribution in [0.15, 0.2) is 11.6 Å².